The minimum atomic E-state index is -0.405. The van der Waals surface area contributed by atoms with Gasteiger partial charge < -0.3 is 15.2 Å². The molecule has 2 N–H and O–H groups in total. The number of phenolic OH excluding ortho intramolecular Hbond substituents is 1. The summed E-state index contributed by atoms with van der Waals surface area (Å²) in [5.74, 6) is 0.645. The number of benzene rings is 2. The number of nitrogens with zero attached hydrogens (tertiary/aromatic N) is 4. The van der Waals surface area contributed by atoms with Crippen molar-refractivity contribution in [3.8, 4) is 22.8 Å². The van der Waals surface area contributed by atoms with E-state index in [1.165, 1.54) is 19.4 Å². The van der Waals surface area contributed by atoms with E-state index in [0.717, 1.165) is 15.4 Å². The Bertz CT molecular complexity index is 1250. The van der Waals surface area contributed by atoms with Crippen molar-refractivity contribution in [1.29, 1.82) is 0 Å². The summed E-state index contributed by atoms with van der Waals surface area (Å²) in [5, 5.41) is 12.6. The molecule has 0 saturated carbocycles. The zero-order valence-corrected chi connectivity index (χ0v) is 18.2. The van der Waals surface area contributed by atoms with Crippen molar-refractivity contribution in [1.82, 2.24) is 20.3 Å². The van der Waals surface area contributed by atoms with Crippen LogP contribution in [-0.2, 0) is 6.42 Å². The second kappa shape index (κ2) is 9.52. The number of ether oxygens (including phenoxy) is 1. The Hall–Kier alpha value is -3.85. The Morgan fingerprint density at radius 3 is 2.72 bits per heavy atom. The highest BCUT2D eigenvalue weighted by molar-refractivity contribution is 7.82. The molecule has 0 bridgehead atoms. The molecule has 2 heterocycles. The number of aromatic nitrogens is 3. The van der Waals surface area contributed by atoms with Crippen LogP contribution in [0, 0.1) is 0 Å². The molecule has 0 aliphatic carbocycles. The summed E-state index contributed by atoms with van der Waals surface area (Å²) in [7, 11) is 1.48. The maximum absolute atomic E-state index is 12.5. The van der Waals surface area contributed by atoms with Crippen molar-refractivity contribution in [3.05, 3.63) is 72.4 Å². The fourth-order valence-corrected chi connectivity index (χ4v) is 3.29. The first kappa shape index (κ1) is 21.4. The first-order chi connectivity index (χ1) is 15.5. The van der Waals surface area contributed by atoms with Gasteiger partial charge in [-0.05, 0) is 42.3 Å². The van der Waals surface area contributed by atoms with Crippen molar-refractivity contribution >= 4 is 35.8 Å². The molecule has 2 aromatic heterocycles. The number of hydrogen-bond acceptors (Lipinski definition) is 7. The molecule has 4 rings (SSSR count). The number of anilines is 1. The van der Waals surface area contributed by atoms with E-state index in [-0.39, 0.29) is 11.6 Å². The second-order valence-corrected chi connectivity index (χ2v) is 7.33. The number of hydrogen-bond donors (Lipinski definition) is 3. The van der Waals surface area contributed by atoms with Crippen LogP contribution < -0.4 is 14.4 Å². The summed E-state index contributed by atoms with van der Waals surface area (Å²) >= 11 is 4.28. The first-order valence-corrected chi connectivity index (χ1v) is 10.3. The minimum absolute atomic E-state index is 0.0445. The molecule has 0 fully saturated rings. The van der Waals surface area contributed by atoms with Gasteiger partial charge in [0.2, 0.25) is 0 Å². The van der Waals surface area contributed by atoms with Crippen molar-refractivity contribution < 1.29 is 14.6 Å². The molecule has 0 aliphatic rings. The zero-order valence-electron chi connectivity index (χ0n) is 17.3. The third-order valence-electron chi connectivity index (χ3n) is 4.81. The summed E-state index contributed by atoms with van der Waals surface area (Å²) in [6.45, 7) is 0.464. The van der Waals surface area contributed by atoms with Gasteiger partial charge in [0, 0.05) is 12.1 Å². The Morgan fingerprint density at radius 2 is 1.94 bits per heavy atom. The van der Waals surface area contributed by atoms with E-state index >= 15 is 0 Å². The van der Waals surface area contributed by atoms with Crippen LogP contribution in [0.1, 0.15) is 5.56 Å². The summed E-state index contributed by atoms with van der Waals surface area (Å²) in [4.78, 5) is 25.8. The van der Waals surface area contributed by atoms with E-state index in [4.69, 9.17) is 4.74 Å². The van der Waals surface area contributed by atoms with Crippen LogP contribution in [-0.4, -0.2) is 39.7 Å². The number of amides is 2. The van der Waals surface area contributed by atoms with E-state index < -0.39 is 6.03 Å². The largest absolute Gasteiger partial charge is 0.504 e. The summed E-state index contributed by atoms with van der Waals surface area (Å²) in [6, 6.07) is 18.0. The SMILES string of the molecule is COc1cc(-c2ccc3ncc(N(S)C(=O)NCCc4ccccc4)nc3n2)ccc1O. The monoisotopic (exact) mass is 447 g/mol. The average molecular weight is 448 g/mol. The number of urea groups is 1. The quantitative estimate of drug-likeness (QED) is 0.386. The van der Waals surface area contributed by atoms with Gasteiger partial charge >= 0.3 is 6.03 Å². The Morgan fingerprint density at radius 1 is 1.12 bits per heavy atom. The van der Waals surface area contributed by atoms with Crippen LogP contribution in [0.25, 0.3) is 22.4 Å². The van der Waals surface area contributed by atoms with E-state index in [1.807, 2.05) is 30.3 Å². The molecule has 2 amide bonds. The number of fused-ring (bicyclic) bond motifs is 1. The van der Waals surface area contributed by atoms with Crippen LogP contribution in [0.4, 0.5) is 10.6 Å². The van der Waals surface area contributed by atoms with Gasteiger partial charge in [-0.2, -0.15) is 0 Å². The summed E-state index contributed by atoms with van der Waals surface area (Å²) in [6.07, 6.45) is 2.18. The summed E-state index contributed by atoms with van der Waals surface area (Å²) < 4.78 is 6.27. The normalized spacial score (nSPS) is 10.7. The third kappa shape index (κ3) is 4.73. The van der Waals surface area contributed by atoms with Crippen LogP contribution in [0.3, 0.4) is 0 Å². The minimum Gasteiger partial charge on any atom is -0.504 e. The molecule has 0 aliphatic heterocycles. The Balaban J connectivity index is 1.51. The number of nitrogens with one attached hydrogen (secondary N) is 1. The molecular weight excluding hydrogens is 426 g/mol. The number of carbonyl (C=O) groups is 1. The molecule has 0 unspecified atom stereocenters. The molecule has 0 radical (unpaired) electrons. The second-order valence-electron chi connectivity index (χ2n) is 6.93. The molecule has 32 heavy (non-hydrogen) atoms. The number of phenols is 1. The molecule has 0 spiro atoms. The molecule has 8 nitrogen and oxygen atoms in total. The van der Waals surface area contributed by atoms with Crippen LogP contribution in [0.5, 0.6) is 11.5 Å². The van der Waals surface area contributed by atoms with Gasteiger partial charge in [-0.3, -0.25) is 0 Å². The van der Waals surface area contributed by atoms with E-state index in [1.54, 1.807) is 24.3 Å². The van der Waals surface area contributed by atoms with E-state index in [0.29, 0.717) is 35.6 Å². The summed E-state index contributed by atoms with van der Waals surface area (Å²) in [5.41, 5.74) is 3.44. The van der Waals surface area contributed by atoms with Crippen molar-refractivity contribution in [2.75, 3.05) is 18.0 Å². The average Bonchev–Trinajstić information content (AvgIpc) is 2.83. The van der Waals surface area contributed by atoms with Crippen molar-refractivity contribution in [3.63, 3.8) is 0 Å². The van der Waals surface area contributed by atoms with E-state index in [2.05, 4.69) is 33.1 Å². The predicted octanol–water partition coefficient (Wildman–Crippen LogP) is 4.01. The van der Waals surface area contributed by atoms with Crippen LogP contribution in [0.2, 0.25) is 0 Å². The van der Waals surface area contributed by atoms with Crippen LogP contribution in [0.15, 0.2) is 66.9 Å². The van der Waals surface area contributed by atoms with Gasteiger partial charge in [0.1, 0.15) is 5.52 Å². The maximum atomic E-state index is 12.5. The lowest BCUT2D eigenvalue weighted by atomic mass is 10.1. The fourth-order valence-electron chi connectivity index (χ4n) is 3.13. The lowest BCUT2D eigenvalue weighted by molar-refractivity contribution is 0.250. The molecular formula is C23H21N5O3S. The Kier molecular flexibility index (Phi) is 6.37. The third-order valence-corrected chi connectivity index (χ3v) is 5.20. The highest BCUT2D eigenvalue weighted by Gasteiger charge is 2.15. The van der Waals surface area contributed by atoms with Gasteiger partial charge in [-0.15, -0.1) is 0 Å². The molecule has 4 aromatic rings. The molecule has 9 heteroatoms. The van der Waals surface area contributed by atoms with Crippen molar-refractivity contribution in [2.24, 2.45) is 0 Å². The molecule has 0 atom stereocenters. The number of carbonyl (C=O) groups excluding carboxylic acids is 1. The number of thiol groups is 1. The van der Waals surface area contributed by atoms with Crippen molar-refractivity contribution in [2.45, 2.75) is 6.42 Å². The van der Waals surface area contributed by atoms with Gasteiger partial charge in [-0.25, -0.2) is 24.1 Å². The van der Waals surface area contributed by atoms with Gasteiger partial charge in [0.05, 0.1) is 19.0 Å². The number of pyridine rings is 1. The van der Waals surface area contributed by atoms with Gasteiger partial charge in [0.15, 0.2) is 23.0 Å². The number of rotatable bonds is 6. The lowest BCUT2D eigenvalue weighted by Crippen LogP contribution is -2.35. The molecule has 2 aromatic carbocycles. The smallest absolute Gasteiger partial charge is 0.333 e. The first-order valence-electron chi connectivity index (χ1n) is 9.87. The molecule has 162 valence electrons. The predicted molar refractivity (Wildman–Crippen MR) is 126 cm³/mol. The molecule has 0 saturated heterocycles. The number of methoxy groups -OCH3 is 1. The standard InChI is InChI=1S/C23H21N5O3S/c1-31-20-13-16(7-10-19(20)29)17-8-9-18-22(26-17)27-21(14-25-18)28(32)23(30)24-12-11-15-5-3-2-4-6-15/h2-10,13-14,29,32H,11-12H2,1H3,(H,24,30). The van der Waals surface area contributed by atoms with Gasteiger partial charge in [0.25, 0.3) is 0 Å². The highest BCUT2D eigenvalue weighted by atomic mass is 32.1. The lowest BCUT2D eigenvalue weighted by Gasteiger charge is -2.15. The van der Waals surface area contributed by atoms with Gasteiger partial charge in [-0.1, -0.05) is 43.1 Å². The Labute approximate surface area is 190 Å². The maximum Gasteiger partial charge on any atom is 0.333 e. The van der Waals surface area contributed by atoms with Crippen LogP contribution >= 0.6 is 12.8 Å². The van der Waals surface area contributed by atoms with E-state index in [9.17, 15) is 9.90 Å². The topological polar surface area (TPSA) is 100 Å². The zero-order chi connectivity index (χ0) is 22.5. The highest BCUT2D eigenvalue weighted by Crippen LogP contribution is 2.31. The number of aromatic hydroxyl groups is 1. The fraction of sp³-hybridized carbons (Fsp3) is 0.130.